The number of nitrogens with zero attached hydrogens (tertiary/aromatic N) is 3. The lowest BCUT2D eigenvalue weighted by atomic mass is 9.79. The van der Waals surface area contributed by atoms with E-state index in [4.69, 9.17) is 9.72 Å². The van der Waals surface area contributed by atoms with Gasteiger partial charge in [0.15, 0.2) is 0 Å². The summed E-state index contributed by atoms with van der Waals surface area (Å²) in [5.41, 5.74) is 5.26. The Labute approximate surface area is 262 Å². The molecule has 0 aliphatic heterocycles. The molecule has 1 heterocycles. The number of carboxylic acid groups (broad SMARTS) is 1. The number of amides is 1. The summed E-state index contributed by atoms with van der Waals surface area (Å²) in [7, 11) is 0. The first-order valence-electron chi connectivity index (χ1n) is 15.8. The van der Waals surface area contributed by atoms with E-state index in [9.17, 15) is 19.5 Å². The number of benzene rings is 3. The average Bonchev–Trinajstić information content (AvgIpc) is 3.40. The molecule has 0 radical (unpaired) electrons. The van der Waals surface area contributed by atoms with Gasteiger partial charge in [0.25, 0.3) is 0 Å². The summed E-state index contributed by atoms with van der Waals surface area (Å²) in [6.07, 6.45) is 10.2. The van der Waals surface area contributed by atoms with E-state index in [-0.39, 0.29) is 17.7 Å². The van der Waals surface area contributed by atoms with Crippen LogP contribution in [0.15, 0.2) is 71.7 Å². The monoisotopic (exact) mass is 603 g/mol. The average molecular weight is 604 g/mol. The van der Waals surface area contributed by atoms with Gasteiger partial charge in [-0.2, -0.15) is 0 Å². The topological polar surface area (TPSA) is 111 Å². The maximum absolute atomic E-state index is 13.1. The number of unbranched alkanes of at least 4 members (excludes halogenated alkanes) is 1. The number of imidazole rings is 1. The molecule has 0 saturated heterocycles. The molecule has 3 aromatic carbocycles. The largest absolute Gasteiger partial charge is 0.511 e. The molecule has 1 fully saturated rings. The molecule has 8 heteroatoms. The Morgan fingerprint density at radius 3 is 2.62 bits per heavy atom. The molecular formula is C37H37N3O5. The number of ether oxygens (including phenoxy) is 1. The first-order chi connectivity index (χ1) is 21.9. The molecule has 1 aromatic heterocycles. The van der Waals surface area contributed by atoms with Crippen LogP contribution < -0.4 is 4.74 Å². The van der Waals surface area contributed by atoms with Gasteiger partial charge >= 0.3 is 6.16 Å². The molecule has 2 aliphatic rings. The maximum atomic E-state index is 13.1. The number of hydrogen-bond acceptors (Lipinski definition) is 5. The lowest BCUT2D eigenvalue weighted by Gasteiger charge is -2.25. The minimum absolute atomic E-state index is 0.192. The van der Waals surface area contributed by atoms with Gasteiger partial charge in [0.2, 0.25) is 5.91 Å². The highest BCUT2D eigenvalue weighted by Gasteiger charge is 2.31. The van der Waals surface area contributed by atoms with E-state index in [1.54, 1.807) is 0 Å². The summed E-state index contributed by atoms with van der Waals surface area (Å²) < 4.78 is 7.52. The molecule has 2 atom stereocenters. The van der Waals surface area contributed by atoms with Crippen LogP contribution >= 0.6 is 0 Å². The third kappa shape index (κ3) is 6.50. The summed E-state index contributed by atoms with van der Waals surface area (Å²) in [5, 5.41) is 11.1. The van der Waals surface area contributed by atoms with Crippen molar-refractivity contribution in [2.45, 2.75) is 64.8 Å². The lowest BCUT2D eigenvalue weighted by Crippen LogP contribution is -2.28. The normalized spacial score (nSPS) is 18.6. The van der Waals surface area contributed by atoms with Crippen molar-refractivity contribution in [3.8, 4) is 16.9 Å². The van der Waals surface area contributed by atoms with E-state index in [0.717, 1.165) is 83.9 Å². The van der Waals surface area contributed by atoms with Crippen LogP contribution in [0.5, 0.6) is 5.75 Å². The fourth-order valence-corrected chi connectivity index (χ4v) is 6.57. The molecule has 8 nitrogen and oxygen atoms in total. The summed E-state index contributed by atoms with van der Waals surface area (Å²) in [6, 6.07) is 19.5. The van der Waals surface area contributed by atoms with Crippen molar-refractivity contribution in [1.82, 2.24) is 9.55 Å². The summed E-state index contributed by atoms with van der Waals surface area (Å²) >= 11 is 0. The highest BCUT2D eigenvalue weighted by molar-refractivity contribution is 6.07. The molecule has 1 saturated carbocycles. The van der Waals surface area contributed by atoms with Crippen molar-refractivity contribution in [3.63, 3.8) is 0 Å². The van der Waals surface area contributed by atoms with Crippen molar-refractivity contribution < 1.29 is 24.2 Å². The van der Waals surface area contributed by atoms with Gasteiger partial charge in [0.1, 0.15) is 17.9 Å². The number of rotatable bonds is 9. The van der Waals surface area contributed by atoms with Gasteiger partial charge in [0.05, 0.1) is 17.1 Å². The zero-order chi connectivity index (χ0) is 31.3. The zero-order valence-electron chi connectivity index (χ0n) is 25.4. The van der Waals surface area contributed by atoms with Crippen LogP contribution in [0.4, 0.5) is 4.79 Å². The number of aromatic nitrogens is 2. The maximum Gasteiger partial charge on any atom is 0.511 e. The van der Waals surface area contributed by atoms with Gasteiger partial charge in [-0.1, -0.05) is 80.8 Å². The van der Waals surface area contributed by atoms with Crippen molar-refractivity contribution in [2.24, 2.45) is 16.8 Å². The molecule has 0 spiro atoms. The second kappa shape index (κ2) is 13.4. The van der Waals surface area contributed by atoms with Crippen LogP contribution in [0.25, 0.3) is 28.0 Å². The number of aldehydes is 1. The van der Waals surface area contributed by atoms with Gasteiger partial charge in [-0.25, -0.2) is 14.8 Å². The molecule has 2 aliphatic carbocycles. The number of allylic oxidation sites excluding steroid dienone is 1. The first-order valence-corrected chi connectivity index (χ1v) is 15.8. The standard InChI is InChI=1S/C37H37N3O5/c1-2-3-12-34-39-32-20-18-28(38-36(42)31-11-7-5-9-27(31)23-41)21-33(32)40(34)22-24-13-15-26(16-14-24)30-19-17-25-8-4-6-10-29(25)35(30)45-37(43)44/h4,6,8,10,13-20,23,27,31H,2-3,5,7,9,11-12,21-22H2,1H3,(H,43,44)/t27-,31-/m1/s1. The highest BCUT2D eigenvalue weighted by atomic mass is 16.7. The minimum atomic E-state index is -1.35. The Morgan fingerprint density at radius 2 is 1.84 bits per heavy atom. The van der Waals surface area contributed by atoms with Crippen molar-refractivity contribution in [3.05, 3.63) is 89.5 Å². The fourth-order valence-electron chi connectivity index (χ4n) is 6.57. The zero-order valence-corrected chi connectivity index (χ0v) is 25.4. The molecular weight excluding hydrogens is 566 g/mol. The molecule has 0 bridgehead atoms. The third-order valence-corrected chi connectivity index (χ3v) is 8.96. The Hall–Kier alpha value is -4.85. The summed E-state index contributed by atoms with van der Waals surface area (Å²) in [6.45, 7) is 2.76. The van der Waals surface area contributed by atoms with Gasteiger partial charge < -0.3 is 19.2 Å². The second-order valence-electron chi connectivity index (χ2n) is 11.9. The lowest BCUT2D eigenvalue weighted by molar-refractivity contribution is -0.128. The predicted molar refractivity (Wildman–Crippen MR) is 175 cm³/mol. The Balaban J connectivity index is 1.28. The van der Waals surface area contributed by atoms with Crippen LogP contribution in [-0.4, -0.2) is 38.7 Å². The second-order valence-corrected chi connectivity index (χ2v) is 11.9. The van der Waals surface area contributed by atoms with E-state index in [1.165, 1.54) is 0 Å². The quantitative estimate of drug-likeness (QED) is 0.119. The fraction of sp³-hybridized carbons (Fsp3) is 0.324. The van der Waals surface area contributed by atoms with E-state index >= 15 is 0 Å². The van der Waals surface area contributed by atoms with E-state index in [2.05, 4.69) is 16.5 Å². The molecule has 1 N–H and O–H groups in total. The Bertz CT molecular complexity index is 1800. The Morgan fingerprint density at radius 1 is 1.04 bits per heavy atom. The van der Waals surface area contributed by atoms with E-state index in [0.29, 0.717) is 36.4 Å². The summed E-state index contributed by atoms with van der Waals surface area (Å²) in [4.78, 5) is 45.8. The SMILES string of the molecule is CCCCc1nc2c(n1Cc1ccc(-c3ccc4ccccc4c3OC(=O)O)cc1)CC(=NC(=O)[C@@H]1CCCC[C@@H]1C=O)C=C2. The first kappa shape index (κ1) is 30.2. The van der Waals surface area contributed by atoms with Crippen LogP contribution in [0.3, 0.4) is 0 Å². The number of hydrogen-bond donors (Lipinski definition) is 1. The van der Waals surface area contributed by atoms with Crippen molar-refractivity contribution in [1.29, 1.82) is 0 Å². The number of carbonyl (C=O) groups is 3. The molecule has 0 unspecified atom stereocenters. The van der Waals surface area contributed by atoms with Crippen molar-refractivity contribution >= 4 is 40.9 Å². The highest BCUT2D eigenvalue weighted by Crippen LogP contribution is 2.37. The van der Waals surface area contributed by atoms with Crippen LogP contribution in [0.1, 0.15) is 68.2 Å². The van der Waals surface area contributed by atoms with Crippen molar-refractivity contribution in [2.75, 3.05) is 0 Å². The van der Waals surface area contributed by atoms with E-state index in [1.807, 2.05) is 72.8 Å². The van der Waals surface area contributed by atoms with Gasteiger partial charge in [0, 0.05) is 42.2 Å². The van der Waals surface area contributed by atoms with Gasteiger partial charge in [-0.15, -0.1) is 0 Å². The minimum Gasteiger partial charge on any atom is -0.449 e. The van der Waals surface area contributed by atoms with Crippen LogP contribution in [0, 0.1) is 11.8 Å². The molecule has 1 amide bonds. The smallest absolute Gasteiger partial charge is 0.449 e. The molecule has 4 aromatic rings. The third-order valence-electron chi connectivity index (χ3n) is 8.96. The number of aryl methyl sites for hydroxylation is 1. The number of aliphatic imine (C=N–C) groups is 1. The van der Waals surface area contributed by atoms with Gasteiger partial charge in [-0.3, -0.25) is 4.79 Å². The van der Waals surface area contributed by atoms with Gasteiger partial charge in [-0.05, 0) is 54.0 Å². The Kier molecular flexibility index (Phi) is 9.01. The predicted octanol–water partition coefficient (Wildman–Crippen LogP) is 7.69. The van der Waals surface area contributed by atoms with E-state index < -0.39 is 6.16 Å². The molecule has 6 rings (SSSR count). The van der Waals surface area contributed by atoms with Crippen LogP contribution in [-0.2, 0) is 29.0 Å². The number of fused-ring (bicyclic) bond motifs is 2. The van der Waals surface area contributed by atoms with Crippen LogP contribution in [0.2, 0.25) is 0 Å². The molecule has 45 heavy (non-hydrogen) atoms. The molecule has 230 valence electrons. The number of carbonyl (C=O) groups excluding carboxylic acids is 2. The summed E-state index contributed by atoms with van der Waals surface area (Å²) in [5.74, 6) is 0.561.